The van der Waals surface area contributed by atoms with Crippen molar-refractivity contribution in [3.63, 3.8) is 0 Å². The van der Waals surface area contributed by atoms with Crippen molar-refractivity contribution in [3.05, 3.63) is 96.2 Å². The summed E-state index contributed by atoms with van der Waals surface area (Å²) in [6, 6.07) is 24.6. The van der Waals surface area contributed by atoms with Crippen molar-refractivity contribution in [2.75, 3.05) is 20.3 Å². The number of benzene rings is 3. The number of H-pyrrole nitrogens is 1. The number of aromatic nitrogens is 1. The van der Waals surface area contributed by atoms with Crippen molar-refractivity contribution >= 4 is 22.7 Å². The summed E-state index contributed by atoms with van der Waals surface area (Å²) in [6.07, 6.45) is 3.41. The van der Waals surface area contributed by atoms with Gasteiger partial charge in [0.05, 0.1) is 13.2 Å². The molecule has 0 aliphatic rings. The van der Waals surface area contributed by atoms with E-state index < -0.39 is 0 Å². The van der Waals surface area contributed by atoms with Gasteiger partial charge < -0.3 is 25.1 Å². The SMILES string of the molecule is COc1ccccc1CCC(=O)NCC(Cc1c[nH]c2ccccc12)NC(=O)COc1ccccc1. The maximum absolute atomic E-state index is 12.7. The van der Waals surface area contributed by atoms with Crippen molar-refractivity contribution in [1.29, 1.82) is 0 Å². The molecular formula is C29H31N3O4. The van der Waals surface area contributed by atoms with Gasteiger partial charge in [0.15, 0.2) is 6.61 Å². The van der Waals surface area contributed by atoms with Crippen molar-refractivity contribution in [2.45, 2.75) is 25.3 Å². The van der Waals surface area contributed by atoms with Crippen LogP contribution >= 0.6 is 0 Å². The molecule has 4 rings (SSSR count). The fraction of sp³-hybridized carbons (Fsp3) is 0.241. The Morgan fingerprint density at radius 3 is 2.47 bits per heavy atom. The molecule has 0 aliphatic carbocycles. The number of amides is 2. The van der Waals surface area contributed by atoms with Crippen molar-refractivity contribution in [3.8, 4) is 11.5 Å². The maximum atomic E-state index is 12.7. The van der Waals surface area contributed by atoms with Crippen LogP contribution in [0.1, 0.15) is 17.5 Å². The Balaban J connectivity index is 1.36. The molecule has 4 aromatic rings. The minimum Gasteiger partial charge on any atom is -0.496 e. The molecule has 1 heterocycles. The lowest BCUT2D eigenvalue weighted by Crippen LogP contribution is -2.46. The molecule has 186 valence electrons. The van der Waals surface area contributed by atoms with Gasteiger partial charge in [0.2, 0.25) is 5.91 Å². The predicted octanol–water partition coefficient (Wildman–Crippen LogP) is 4.03. The molecule has 0 radical (unpaired) electrons. The van der Waals surface area contributed by atoms with Crippen LogP contribution in [0.25, 0.3) is 10.9 Å². The Morgan fingerprint density at radius 2 is 1.64 bits per heavy atom. The molecule has 36 heavy (non-hydrogen) atoms. The molecule has 2 amide bonds. The third-order valence-corrected chi connectivity index (χ3v) is 5.98. The summed E-state index contributed by atoms with van der Waals surface area (Å²) >= 11 is 0. The molecule has 0 aliphatic heterocycles. The van der Waals surface area contributed by atoms with Crippen LogP contribution in [0, 0.1) is 0 Å². The van der Waals surface area contributed by atoms with Crippen LogP contribution in [0.15, 0.2) is 85.1 Å². The van der Waals surface area contributed by atoms with Crippen LogP contribution in [0.5, 0.6) is 11.5 Å². The highest BCUT2D eigenvalue weighted by molar-refractivity contribution is 5.83. The first-order chi connectivity index (χ1) is 17.6. The molecule has 0 saturated heterocycles. The van der Waals surface area contributed by atoms with Gasteiger partial charge in [0, 0.05) is 30.1 Å². The van der Waals surface area contributed by atoms with E-state index >= 15 is 0 Å². The highest BCUT2D eigenvalue weighted by Gasteiger charge is 2.17. The van der Waals surface area contributed by atoms with Crippen molar-refractivity contribution < 1.29 is 19.1 Å². The number of nitrogens with one attached hydrogen (secondary N) is 3. The zero-order valence-corrected chi connectivity index (χ0v) is 20.3. The maximum Gasteiger partial charge on any atom is 0.258 e. The monoisotopic (exact) mass is 485 g/mol. The van der Waals surface area contributed by atoms with Gasteiger partial charge in [-0.1, -0.05) is 54.6 Å². The zero-order valence-electron chi connectivity index (χ0n) is 20.3. The minimum absolute atomic E-state index is 0.0837. The molecule has 3 aromatic carbocycles. The first kappa shape index (κ1) is 24.9. The Morgan fingerprint density at radius 1 is 0.889 bits per heavy atom. The molecule has 1 atom stereocenters. The summed E-state index contributed by atoms with van der Waals surface area (Å²) in [6.45, 7) is 0.206. The van der Waals surface area contributed by atoms with Crippen molar-refractivity contribution in [1.82, 2.24) is 15.6 Å². The number of fused-ring (bicyclic) bond motifs is 1. The lowest BCUT2D eigenvalue weighted by atomic mass is 10.0. The number of aryl methyl sites for hydroxylation is 1. The normalized spacial score (nSPS) is 11.6. The number of hydrogen-bond acceptors (Lipinski definition) is 4. The molecule has 0 spiro atoms. The zero-order chi connectivity index (χ0) is 25.2. The van der Waals surface area contributed by atoms with Gasteiger partial charge in [0.1, 0.15) is 11.5 Å². The number of carbonyl (C=O) groups excluding carboxylic acids is 2. The first-order valence-corrected chi connectivity index (χ1v) is 12.0. The lowest BCUT2D eigenvalue weighted by molar-refractivity contribution is -0.125. The van der Waals surface area contributed by atoms with Gasteiger partial charge in [-0.05, 0) is 48.2 Å². The Kier molecular flexibility index (Phi) is 8.59. The predicted molar refractivity (Wildman–Crippen MR) is 140 cm³/mol. The number of methoxy groups -OCH3 is 1. The fourth-order valence-electron chi connectivity index (χ4n) is 4.16. The Hall–Kier alpha value is -4.26. The van der Waals surface area contributed by atoms with Crippen LogP contribution in [0.3, 0.4) is 0 Å². The third-order valence-electron chi connectivity index (χ3n) is 5.98. The number of para-hydroxylation sites is 3. The van der Waals surface area contributed by atoms with E-state index in [0.717, 1.165) is 27.8 Å². The molecule has 0 bridgehead atoms. The van der Waals surface area contributed by atoms with Gasteiger partial charge in [-0.25, -0.2) is 0 Å². The molecule has 0 fully saturated rings. The second kappa shape index (κ2) is 12.4. The quantitative estimate of drug-likeness (QED) is 0.283. The Bertz CT molecular complexity index is 1290. The van der Waals surface area contributed by atoms with Crippen molar-refractivity contribution in [2.24, 2.45) is 0 Å². The number of ether oxygens (including phenoxy) is 2. The third kappa shape index (κ3) is 6.88. The van der Waals surface area contributed by atoms with E-state index in [1.54, 1.807) is 19.2 Å². The average molecular weight is 486 g/mol. The van der Waals surface area contributed by atoms with Crippen LogP contribution in [0.4, 0.5) is 0 Å². The molecule has 7 heteroatoms. The molecular weight excluding hydrogens is 454 g/mol. The van der Waals surface area contributed by atoms with E-state index in [9.17, 15) is 9.59 Å². The van der Waals surface area contributed by atoms with Gasteiger partial charge in [-0.15, -0.1) is 0 Å². The number of carbonyl (C=O) groups is 2. The molecule has 3 N–H and O–H groups in total. The second-order valence-electron chi connectivity index (χ2n) is 8.55. The van der Waals surface area contributed by atoms with Gasteiger partial charge in [-0.3, -0.25) is 9.59 Å². The topological polar surface area (TPSA) is 92.5 Å². The smallest absolute Gasteiger partial charge is 0.258 e. The van der Waals surface area contributed by atoms with Crippen LogP contribution in [-0.2, 0) is 22.4 Å². The summed E-state index contributed by atoms with van der Waals surface area (Å²) in [5, 5.41) is 7.11. The van der Waals surface area contributed by atoms with Gasteiger partial charge in [-0.2, -0.15) is 0 Å². The fourth-order valence-corrected chi connectivity index (χ4v) is 4.16. The van der Waals surface area contributed by atoms with Crippen LogP contribution in [-0.4, -0.2) is 43.1 Å². The lowest BCUT2D eigenvalue weighted by Gasteiger charge is -2.20. The van der Waals surface area contributed by atoms with Crippen LogP contribution < -0.4 is 20.1 Å². The number of aromatic amines is 1. The standard InChI is InChI=1S/C29H31N3O4/c1-35-27-14-8-5-9-21(27)15-16-28(33)31-19-23(17-22-18-30-26-13-7-6-12-25(22)26)32-29(34)20-36-24-10-3-2-4-11-24/h2-14,18,23,30H,15-17,19-20H2,1H3,(H,31,33)(H,32,34). The number of rotatable bonds is 12. The summed E-state index contributed by atoms with van der Waals surface area (Å²) < 4.78 is 11.0. The van der Waals surface area contributed by atoms with E-state index in [1.807, 2.05) is 72.9 Å². The average Bonchev–Trinajstić information content (AvgIpc) is 3.32. The Labute approximate surface area is 210 Å². The molecule has 1 unspecified atom stereocenters. The van der Waals surface area contributed by atoms with Gasteiger partial charge in [0.25, 0.3) is 5.91 Å². The van der Waals surface area contributed by atoms with E-state index in [4.69, 9.17) is 9.47 Å². The minimum atomic E-state index is -0.300. The first-order valence-electron chi connectivity index (χ1n) is 12.0. The largest absolute Gasteiger partial charge is 0.496 e. The summed E-state index contributed by atoms with van der Waals surface area (Å²) in [7, 11) is 1.62. The van der Waals surface area contributed by atoms with Gasteiger partial charge >= 0.3 is 0 Å². The highest BCUT2D eigenvalue weighted by atomic mass is 16.5. The van der Waals surface area contributed by atoms with E-state index in [0.29, 0.717) is 31.6 Å². The van der Waals surface area contributed by atoms with E-state index in [1.165, 1.54) is 0 Å². The van der Waals surface area contributed by atoms with E-state index in [-0.39, 0.29) is 24.5 Å². The highest BCUT2D eigenvalue weighted by Crippen LogP contribution is 2.20. The summed E-state index contributed by atoms with van der Waals surface area (Å²) in [4.78, 5) is 28.6. The summed E-state index contributed by atoms with van der Waals surface area (Å²) in [5.41, 5.74) is 3.09. The molecule has 1 aromatic heterocycles. The molecule has 7 nitrogen and oxygen atoms in total. The second-order valence-corrected chi connectivity index (χ2v) is 8.55. The number of hydrogen-bond donors (Lipinski definition) is 3. The van der Waals surface area contributed by atoms with Crippen LogP contribution in [0.2, 0.25) is 0 Å². The summed E-state index contributed by atoms with van der Waals surface area (Å²) in [5.74, 6) is 1.07. The van der Waals surface area contributed by atoms with E-state index in [2.05, 4.69) is 15.6 Å². The molecule has 0 saturated carbocycles.